The van der Waals surface area contributed by atoms with E-state index in [-0.39, 0.29) is 22.5 Å². The molecule has 0 aliphatic carbocycles. The monoisotopic (exact) mass is 438 g/mol. The minimum atomic E-state index is -3.41. The van der Waals surface area contributed by atoms with Crippen molar-refractivity contribution in [1.29, 1.82) is 0 Å². The molecule has 0 fully saturated rings. The van der Waals surface area contributed by atoms with E-state index in [1.807, 2.05) is 25.1 Å². The second-order valence-corrected chi connectivity index (χ2v) is 10.6. The number of nitrogens with zero attached hydrogens (tertiary/aromatic N) is 2. The zero-order valence-corrected chi connectivity index (χ0v) is 19.2. The lowest BCUT2D eigenvalue weighted by atomic mass is 9.86. The molecule has 0 saturated carbocycles. The summed E-state index contributed by atoms with van der Waals surface area (Å²) in [6, 6.07) is 10.7. The number of sulfone groups is 1. The van der Waals surface area contributed by atoms with Gasteiger partial charge in [0.25, 0.3) is 0 Å². The molecule has 0 spiro atoms. The molecule has 6 nitrogen and oxygen atoms in total. The van der Waals surface area contributed by atoms with Crippen LogP contribution in [0.15, 0.2) is 59.9 Å². The first-order valence-corrected chi connectivity index (χ1v) is 11.7. The van der Waals surface area contributed by atoms with Crippen LogP contribution in [0.1, 0.15) is 48.0 Å². The van der Waals surface area contributed by atoms with Crippen LogP contribution in [0.3, 0.4) is 0 Å². The fourth-order valence-electron chi connectivity index (χ4n) is 2.99. The molecule has 162 valence electrons. The molecule has 2 aromatic heterocycles. The van der Waals surface area contributed by atoms with Crippen molar-refractivity contribution in [2.45, 2.75) is 44.4 Å². The number of carbonyl (C=O) groups is 1. The molecular formula is C24H26N2O4S. The van der Waals surface area contributed by atoms with Gasteiger partial charge in [0.15, 0.2) is 15.6 Å². The SMILES string of the molecule is Cc1ccc(Oc2cc(C(C)(C)C)ccc2C(=O)Cc2cncc(S(C)(=O)=O)c2)cn1. The molecular weight excluding hydrogens is 412 g/mol. The lowest BCUT2D eigenvalue weighted by molar-refractivity contribution is 0.0990. The number of ether oxygens (including phenoxy) is 1. The van der Waals surface area contributed by atoms with Gasteiger partial charge in [-0.3, -0.25) is 14.8 Å². The number of pyridine rings is 2. The van der Waals surface area contributed by atoms with E-state index in [4.69, 9.17) is 4.74 Å². The molecule has 3 aromatic rings. The molecule has 0 atom stereocenters. The number of Topliss-reactive ketones (excluding diaryl/α,β-unsaturated/α-hetero) is 1. The van der Waals surface area contributed by atoms with Crippen molar-refractivity contribution >= 4 is 15.6 Å². The van der Waals surface area contributed by atoms with E-state index in [0.29, 0.717) is 22.6 Å². The summed E-state index contributed by atoms with van der Waals surface area (Å²) >= 11 is 0. The van der Waals surface area contributed by atoms with E-state index in [9.17, 15) is 13.2 Å². The predicted molar refractivity (Wildman–Crippen MR) is 120 cm³/mol. The van der Waals surface area contributed by atoms with E-state index in [1.165, 1.54) is 18.5 Å². The number of ketones is 1. The Bertz CT molecular complexity index is 1210. The fraction of sp³-hybridized carbons (Fsp3) is 0.292. The maximum atomic E-state index is 13.1. The van der Waals surface area contributed by atoms with E-state index in [2.05, 4.69) is 30.7 Å². The highest BCUT2D eigenvalue weighted by Gasteiger charge is 2.20. The third-order valence-electron chi connectivity index (χ3n) is 4.82. The highest BCUT2D eigenvalue weighted by Crippen LogP contribution is 2.32. The highest BCUT2D eigenvalue weighted by molar-refractivity contribution is 7.90. The fourth-order valence-corrected chi connectivity index (χ4v) is 3.61. The van der Waals surface area contributed by atoms with Crippen LogP contribution in [0.5, 0.6) is 11.5 Å². The number of benzene rings is 1. The van der Waals surface area contributed by atoms with E-state index < -0.39 is 9.84 Å². The Kier molecular flexibility index (Phi) is 6.27. The Labute approximate surface area is 183 Å². The van der Waals surface area contributed by atoms with Gasteiger partial charge in [-0.25, -0.2) is 8.42 Å². The number of hydrogen-bond acceptors (Lipinski definition) is 6. The van der Waals surface area contributed by atoms with Crippen LogP contribution in [0.4, 0.5) is 0 Å². The molecule has 0 radical (unpaired) electrons. The average Bonchev–Trinajstić information content (AvgIpc) is 2.68. The third-order valence-corrected chi connectivity index (χ3v) is 5.90. The van der Waals surface area contributed by atoms with Gasteiger partial charge in [0, 0.05) is 30.8 Å². The summed E-state index contributed by atoms with van der Waals surface area (Å²) in [4.78, 5) is 21.4. The zero-order valence-electron chi connectivity index (χ0n) is 18.3. The summed E-state index contributed by atoms with van der Waals surface area (Å²) in [5.74, 6) is 0.782. The summed E-state index contributed by atoms with van der Waals surface area (Å²) in [7, 11) is -3.41. The average molecular weight is 439 g/mol. The van der Waals surface area contributed by atoms with Crippen LogP contribution in [0, 0.1) is 6.92 Å². The summed E-state index contributed by atoms with van der Waals surface area (Å²) in [6.07, 6.45) is 5.52. The number of carbonyl (C=O) groups excluding carboxylic acids is 1. The van der Waals surface area contributed by atoms with Gasteiger partial charge in [0.05, 0.1) is 16.7 Å². The maximum Gasteiger partial charge on any atom is 0.177 e. The first-order valence-electron chi connectivity index (χ1n) is 9.86. The predicted octanol–water partition coefficient (Wildman–Crippen LogP) is 4.70. The first kappa shape index (κ1) is 22.6. The molecule has 7 heteroatoms. The standard InChI is InChI=1S/C24H26N2O4S/c1-16-6-8-19(14-26-16)30-23-12-18(24(2,3)4)7-9-21(23)22(27)11-17-10-20(15-25-13-17)31(5,28)29/h6-10,12-15H,11H2,1-5H3. The van der Waals surface area contributed by atoms with Crippen LogP contribution in [0.2, 0.25) is 0 Å². The van der Waals surface area contributed by atoms with Crippen LogP contribution in [-0.2, 0) is 21.7 Å². The molecule has 0 N–H and O–H groups in total. The summed E-state index contributed by atoms with van der Waals surface area (Å²) in [5, 5.41) is 0. The molecule has 0 unspecified atom stereocenters. The second kappa shape index (κ2) is 8.59. The zero-order chi connectivity index (χ0) is 22.8. The Balaban J connectivity index is 1.97. The van der Waals surface area contributed by atoms with Gasteiger partial charge in [-0.2, -0.15) is 0 Å². The lowest BCUT2D eigenvalue weighted by Gasteiger charge is -2.21. The van der Waals surface area contributed by atoms with Gasteiger partial charge < -0.3 is 4.74 Å². The van der Waals surface area contributed by atoms with Crippen LogP contribution < -0.4 is 4.74 Å². The molecule has 31 heavy (non-hydrogen) atoms. The lowest BCUT2D eigenvalue weighted by Crippen LogP contribution is -2.13. The Morgan fingerprint density at radius 1 is 1.03 bits per heavy atom. The molecule has 3 rings (SSSR count). The van der Waals surface area contributed by atoms with Crippen molar-refractivity contribution in [1.82, 2.24) is 9.97 Å². The van der Waals surface area contributed by atoms with Crippen molar-refractivity contribution < 1.29 is 17.9 Å². The molecule has 0 aliphatic rings. The first-order chi connectivity index (χ1) is 14.4. The Hall–Kier alpha value is -3.06. The van der Waals surface area contributed by atoms with Gasteiger partial charge in [0.2, 0.25) is 0 Å². The van der Waals surface area contributed by atoms with Crippen molar-refractivity contribution in [3.05, 3.63) is 77.4 Å². The number of rotatable bonds is 6. The van der Waals surface area contributed by atoms with Crippen molar-refractivity contribution in [2.75, 3.05) is 6.26 Å². The molecule has 0 aliphatic heterocycles. The minimum absolute atomic E-state index is 0.00767. The van der Waals surface area contributed by atoms with Gasteiger partial charge in [-0.05, 0) is 53.8 Å². The van der Waals surface area contributed by atoms with Crippen LogP contribution >= 0.6 is 0 Å². The van der Waals surface area contributed by atoms with Crippen molar-refractivity contribution in [3.8, 4) is 11.5 Å². The van der Waals surface area contributed by atoms with Gasteiger partial charge >= 0.3 is 0 Å². The Morgan fingerprint density at radius 3 is 2.39 bits per heavy atom. The topological polar surface area (TPSA) is 86.2 Å². The van der Waals surface area contributed by atoms with E-state index >= 15 is 0 Å². The van der Waals surface area contributed by atoms with Crippen molar-refractivity contribution in [3.63, 3.8) is 0 Å². The number of aryl methyl sites for hydroxylation is 1. The van der Waals surface area contributed by atoms with Crippen LogP contribution in [-0.4, -0.2) is 30.4 Å². The highest BCUT2D eigenvalue weighted by atomic mass is 32.2. The van der Waals surface area contributed by atoms with Gasteiger partial charge in [0.1, 0.15) is 11.5 Å². The molecule has 0 saturated heterocycles. The molecule has 2 heterocycles. The summed E-state index contributed by atoms with van der Waals surface area (Å²) < 4.78 is 29.6. The summed E-state index contributed by atoms with van der Waals surface area (Å²) in [6.45, 7) is 8.15. The Morgan fingerprint density at radius 2 is 1.77 bits per heavy atom. The molecule has 1 aromatic carbocycles. The number of hydrogen-bond donors (Lipinski definition) is 0. The smallest absolute Gasteiger partial charge is 0.177 e. The van der Waals surface area contributed by atoms with Gasteiger partial charge in [-0.1, -0.05) is 26.8 Å². The quantitative estimate of drug-likeness (QED) is 0.518. The number of aromatic nitrogens is 2. The summed E-state index contributed by atoms with van der Waals surface area (Å²) in [5.41, 5.74) is 2.71. The van der Waals surface area contributed by atoms with Crippen molar-refractivity contribution in [2.24, 2.45) is 0 Å². The minimum Gasteiger partial charge on any atom is -0.455 e. The van der Waals surface area contributed by atoms with E-state index in [1.54, 1.807) is 18.3 Å². The molecule has 0 bridgehead atoms. The largest absolute Gasteiger partial charge is 0.455 e. The molecule has 0 amide bonds. The maximum absolute atomic E-state index is 13.1. The third kappa shape index (κ3) is 5.76. The normalized spacial score (nSPS) is 11.9. The van der Waals surface area contributed by atoms with E-state index in [0.717, 1.165) is 17.5 Å². The second-order valence-electron chi connectivity index (χ2n) is 8.60. The van der Waals surface area contributed by atoms with Gasteiger partial charge in [-0.15, -0.1) is 0 Å². The van der Waals surface area contributed by atoms with Crippen LogP contribution in [0.25, 0.3) is 0 Å².